The van der Waals surface area contributed by atoms with E-state index in [0.29, 0.717) is 17.8 Å². The number of hydrogen-bond donors (Lipinski definition) is 1. The van der Waals surface area contributed by atoms with Gasteiger partial charge in [0.2, 0.25) is 11.8 Å². The van der Waals surface area contributed by atoms with E-state index in [2.05, 4.69) is 5.32 Å². The maximum atomic E-state index is 13.2. The molecule has 1 heterocycles. The predicted molar refractivity (Wildman–Crippen MR) is 86.9 cm³/mol. The fraction of sp³-hybridized carbons (Fsp3) is 0.176. The zero-order chi connectivity index (χ0) is 17.3. The summed E-state index contributed by atoms with van der Waals surface area (Å²) in [6.45, 7) is 0. The molecule has 0 aliphatic carbocycles. The number of carbonyl (C=O) groups is 2. The molecule has 1 aliphatic rings. The molecule has 24 heavy (non-hydrogen) atoms. The van der Waals surface area contributed by atoms with E-state index in [1.807, 2.05) is 0 Å². The fourth-order valence-electron chi connectivity index (χ4n) is 2.66. The quantitative estimate of drug-likeness (QED) is 0.916. The Morgan fingerprint density at radius 1 is 1.17 bits per heavy atom. The average molecular weight is 351 g/mol. The first kappa shape index (κ1) is 16.4. The normalized spacial score (nSPS) is 17.2. The van der Waals surface area contributed by atoms with E-state index in [4.69, 9.17) is 11.6 Å². The van der Waals surface area contributed by atoms with Crippen LogP contribution in [-0.2, 0) is 9.59 Å². The SMILES string of the molecule is O=C(Nc1ccc(F)c(Cl)c1)C1CCC(=O)N1c1ccc(F)cc1. The van der Waals surface area contributed by atoms with Gasteiger partial charge in [-0.05, 0) is 48.9 Å². The van der Waals surface area contributed by atoms with E-state index in [9.17, 15) is 18.4 Å². The second kappa shape index (κ2) is 6.57. The van der Waals surface area contributed by atoms with E-state index in [0.717, 1.165) is 6.07 Å². The maximum Gasteiger partial charge on any atom is 0.247 e. The van der Waals surface area contributed by atoms with Crippen LogP contribution in [0, 0.1) is 11.6 Å². The number of benzene rings is 2. The number of halogens is 3. The van der Waals surface area contributed by atoms with Crippen molar-refractivity contribution in [1.29, 1.82) is 0 Å². The fourth-order valence-corrected chi connectivity index (χ4v) is 2.84. The van der Waals surface area contributed by atoms with Crippen molar-refractivity contribution in [1.82, 2.24) is 0 Å². The zero-order valence-electron chi connectivity index (χ0n) is 12.4. The molecule has 3 rings (SSSR count). The summed E-state index contributed by atoms with van der Waals surface area (Å²) < 4.78 is 26.2. The van der Waals surface area contributed by atoms with Crippen LogP contribution in [0.5, 0.6) is 0 Å². The Balaban J connectivity index is 1.81. The van der Waals surface area contributed by atoms with Crippen LogP contribution in [0.15, 0.2) is 42.5 Å². The van der Waals surface area contributed by atoms with Gasteiger partial charge in [0.15, 0.2) is 0 Å². The molecule has 1 saturated heterocycles. The molecular weight excluding hydrogens is 338 g/mol. The van der Waals surface area contributed by atoms with Crippen molar-refractivity contribution in [3.63, 3.8) is 0 Å². The molecule has 0 bridgehead atoms. The van der Waals surface area contributed by atoms with Crippen LogP contribution < -0.4 is 10.2 Å². The van der Waals surface area contributed by atoms with Crippen LogP contribution in [0.2, 0.25) is 5.02 Å². The average Bonchev–Trinajstić information content (AvgIpc) is 2.93. The summed E-state index contributed by atoms with van der Waals surface area (Å²) in [5, 5.41) is 2.52. The van der Waals surface area contributed by atoms with Gasteiger partial charge in [-0.15, -0.1) is 0 Å². The van der Waals surface area contributed by atoms with Crippen LogP contribution in [0.1, 0.15) is 12.8 Å². The highest BCUT2D eigenvalue weighted by molar-refractivity contribution is 6.31. The highest BCUT2D eigenvalue weighted by Crippen LogP contribution is 2.28. The number of carbonyl (C=O) groups excluding carboxylic acids is 2. The Morgan fingerprint density at radius 2 is 1.88 bits per heavy atom. The minimum atomic E-state index is -0.716. The van der Waals surface area contributed by atoms with Crippen molar-refractivity contribution >= 4 is 34.8 Å². The molecule has 0 spiro atoms. The third-order valence-electron chi connectivity index (χ3n) is 3.81. The van der Waals surface area contributed by atoms with E-state index < -0.39 is 23.6 Å². The summed E-state index contributed by atoms with van der Waals surface area (Å²) >= 11 is 5.69. The van der Waals surface area contributed by atoms with Crippen molar-refractivity contribution in [2.24, 2.45) is 0 Å². The molecule has 1 aliphatic heterocycles. The number of rotatable bonds is 3. The summed E-state index contributed by atoms with van der Waals surface area (Å²) in [6, 6.07) is 8.49. The lowest BCUT2D eigenvalue weighted by Crippen LogP contribution is -2.41. The number of hydrogen-bond acceptors (Lipinski definition) is 2. The first-order valence-corrected chi connectivity index (χ1v) is 7.67. The number of amides is 2. The summed E-state index contributed by atoms with van der Waals surface area (Å²) in [7, 11) is 0. The summed E-state index contributed by atoms with van der Waals surface area (Å²) in [4.78, 5) is 25.9. The monoisotopic (exact) mass is 350 g/mol. The van der Waals surface area contributed by atoms with Gasteiger partial charge in [-0.3, -0.25) is 14.5 Å². The van der Waals surface area contributed by atoms with Gasteiger partial charge in [-0.2, -0.15) is 0 Å². The Bertz CT molecular complexity index is 796. The van der Waals surface area contributed by atoms with Gasteiger partial charge in [-0.1, -0.05) is 11.6 Å². The van der Waals surface area contributed by atoms with E-state index in [1.54, 1.807) is 0 Å². The second-order valence-corrected chi connectivity index (χ2v) is 5.82. The third kappa shape index (κ3) is 3.23. The third-order valence-corrected chi connectivity index (χ3v) is 4.10. The minimum absolute atomic E-state index is 0.106. The molecule has 1 unspecified atom stereocenters. The Morgan fingerprint density at radius 3 is 2.54 bits per heavy atom. The number of nitrogens with one attached hydrogen (secondary N) is 1. The molecule has 0 saturated carbocycles. The van der Waals surface area contributed by atoms with Crippen molar-refractivity contribution in [3.8, 4) is 0 Å². The molecule has 4 nitrogen and oxygen atoms in total. The standard InChI is InChI=1S/C17H13ClF2N2O2/c18-13-9-11(3-6-14(13)20)21-17(24)15-7-8-16(23)22(15)12-4-1-10(19)2-5-12/h1-6,9,15H,7-8H2,(H,21,24). The van der Waals surface area contributed by atoms with Gasteiger partial charge in [0, 0.05) is 17.8 Å². The molecule has 1 atom stereocenters. The zero-order valence-corrected chi connectivity index (χ0v) is 13.2. The van der Waals surface area contributed by atoms with Crippen molar-refractivity contribution in [3.05, 3.63) is 59.1 Å². The molecule has 2 amide bonds. The van der Waals surface area contributed by atoms with Crippen LogP contribution >= 0.6 is 11.6 Å². The van der Waals surface area contributed by atoms with Crippen LogP contribution in [0.3, 0.4) is 0 Å². The summed E-state index contributed by atoms with van der Waals surface area (Å²) in [6.07, 6.45) is 0.566. The molecule has 0 radical (unpaired) electrons. The lowest BCUT2D eigenvalue weighted by Gasteiger charge is -2.24. The summed E-state index contributed by atoms with van der Waals surface area (Å²) in [5.74, 6) is -1.63. The molecule has 7 heteroatoms. The molecule has 124 valence electrons. The van der Waals surface area contributed by atoms with Crippen LogP contribution in [0.4, 0.5) is 20.2 Å². The van der Waals surface area contributed by atoms with Gasteiger partial charge in [0.1, 0.15) is 17.7 Å². The largest absolute Gasteiger partial charge is 0.324 e. The minimum Gasteiger partial charge on any atom is -0.324 e. The molecular formula is C17H13ClF2N2O2. The van der Waals surface area contributed by atoms with Crippen molar-refractivity contribution < 1.29 is 18.4 Å². The van der Waals surface area contributed by atoms with Crippen molar-refractivity contribution in [2.45, 2.75) is 18.9 Å². The molecule has 2 aromatic carbocycles. The van der Waals surface area contributed by atoms with E-state index in [1.165, 1.54) is 41.3 Å². The molecule has 1 fully saturated rings. The van der Waals surface area contributed by atoms with Crippen LogP contribution in [-0.4, -0.2) is 17.9 Å². The topological polar surface area (TPSA) is 49.4 Å². The lowest BCUT2D eigenvalue weighted by molar-refractivity contribution is -0.120. The van der Waals surface area contributed by atoms with Gasteiger partial charge < -0.3 is 5.32 Å². The maximum absolute atomic E-state index is 13.2. The highest BCUT2D eigenvalue weighted by Gasteiger charge is 2.37. The first-order valence-electron chi connectivity index (χ1n) is 7.29. The predicted octanol–water partition coefficient (Wildman–Crippen LogP) is 3.75. The van der Waals surface area contributed by atoms with Gasteiger partial charge in [-0.25, -0.2) is 8.78 Å². The van der Waals surface area contributed by atoms with Crippen LogP contribution in [0.25, 0.3) is 0 Å². The second-order valence-electron chi connectivity index (χ2n) is 5.41. The van der Waals surface area contributed by atoms with Gasteiger partial charge >= 0.3 is 0 Å². The number of anilines is 2. The summed E-state index contributed by atoms with van der Waals surface area (Å²) in [5.41, 5.74) is 0.793. The number of nitrogens with zero attached hydrogens (tertiary/aromatic N) is 1. The Hall–Kier alpha value is -2.47. The van der Waals surface area contributed by atoms with E-state index >= 15 is 0 Å². The molecule has 1 N–H and O–H groups in total. The highest BCUT2D eigenvalue weighted by atomic mass is 35.5. The lowest BCUT2D eigenvalue weighted by atomic mass is 10.2. The first-order chi connectivity index (χ1) is 11.5. The van der Waals surface area contributed by atoms with Gasteiger partial charge in [0.05, 0.1) is 5.02 Å². The van der Waals surface area contributed by atoms with Crippen molar-refractivity contribution in [2.75, 3.05) is 10.2 Å². The molecule has 0 aromatic heterocycles. The Kier molecular flexibility index (Phi) is 4.49. The van der Waals surface area contributed by atoms with E-state index in [-0.39, 0.29) is 17.4 Å². The molecule has 2 aromatic rings. The smallest absolute Gasteiger partial charge is 0.247 e. The Labute approximate surface area is 142 Å². The van der Waals surface area contributed by atoms with Gasteiger partial charge in [0.25, 0.3) is 0 Å².